The third-order valence-corrected chi connectivity index (χ3v) is 9.01. The summed E-state index contributed by atoms with van der Waals surface area (Å²) in [7, 11) is -8.88. The van der Waals surface area contributed by atoms with Gasteiger partial charge in [-0.25, -0.2) is 4.79 Å². The highest BCUT2D eigenvalue weighted by Crippen LogP contribution is 2.37. The van der Waals surface area contributed by atoms with Crippen molar-refractivity contribution in [2.45, 2.75) is 54.3 Å². The number of hydrogen-bond donors (Lipinski definition) is 0. The van der Waals surface area contributed by atoms with Crippen LogP contribution < -0.4 is 0 Å². The van der Waals surface area contributed by atoms with Crippen LogP contribution in [0.2, 0.25) is 0 Å². The Morgan fingerprint density at radius 3 is 1.77 bits per heavy atom. The number of carbonyl (C=O) groups excluding carboxylic acids is 1. The van der Waals surface area contributed by atoms with Crippen LogP contribution in [0.4, 0.5) is 0 Å². The molecule has 3 aromatic carbocycles. The maximum atomic E-state index is 13.3. The van der Waals surface area contributed by atoms with Gasteiger partial charge < -0.3 is 14.2 Å². The first-order valence-electron chi connectivity index (χ1n) is 12.1. The van der Waals surface area contributed by atoms with Crippen LogP contribution in [0.25, 0.3) is 0 Å². The van der Waals surface area contributed by atoms with Crippen molar-refractivity contribution >= 4 is 26.2 Å². The average molecular weight is 575 g/mol. The summed E-state index contributed by atoms with van der Waals surface area (Å²) >= 11 is 0. The highest BCUT2D eigenvalue weighted by atomic mass is 32.2. The van der Waals surface area contributed by atoms with E-state index in [1.54, 1.807) is 56.3 Å². The highest BCUT2D eigenvalue weighted by Gasteiger charge is 2.57. The largest absolute Gasteiger partial charge is 0.450 e. The summed E-state index contributed by atoms with van der Waals surface area (Å²) in [6.45, 7) is 3.46. The van der Waals surface area contributed by atoms with E-state index < -0.39 is 56.9 Å². The fraction of sp³-hybridized carbons (Fsp3) is 0.296. The Balaban J connectivity index is 1.51. The lowest BCUT2D eigenvalue weighted by atomic mass is 10.0. The monoisotopic (exact) mass is 574 g/mol. The van der Waals surface area contributed by atoms with Crippen molar-refractivity contribution in [1.82, 2.24) is 0 Å². The van der Waals surface area contributed by atoms with E-state index in [1.165, 1.54) is 36.4 Å². The lowest BCUT2D eigenvalue weighted by Gasteiger charge is -2.38. The third kappa shape index (κ3) is 5.91. The van der Waals surface area contributed by atoms with Crippen molar-refractivity contribution in [2.75, 3.05) is 6.61 Å². The molecule has 0 spiro atoms. The summed E-state index contributed by atoms with van der Waals surface area (Å²) in [5.41, 5.74) is 1.84. The molecule has 206 valence electrons. The third-order valence-electron chi connectivity index (χ3n) is 6.36. The van der Waals surface area contributed by atoms with E-state index in [-0.39, 0.29) is 22.0 Å². The Labute approximate surface area is 226 Å². The van der Waals surface area contributed by atoms with Crippen LogP contribution in [0.1, 0.15) is 21.5 Å². The maximum Gasteiger partial charge on any atom is 0.338 e. The van der Waals surface area contributed by atoms with Gasteiger partial charge in [0.25, 0.3) is 20.2 Å². The van der Waals surface area contributed by atoms with Crippen LogP contribution in [0, 0.1) is 13.8 Å². The van der Waals surface area contributed by atoms with Crippen molar-refractivity contribution in [3.05, 3.63) is 95.6 Å². The van der Waals surface area contributed by atoms with Crippen LogP contribution in [-0.4, -0.2) is 60.1 Å². The van der Waals surface area contributed by atoms with E-state index in [4.69, 9.17) is 22.6 Å². The predicted octanol–water partition coefficient (Wildman–Crippen LogP) is 3.13. The summed E-state index contributed by atoms with van der Waals surface area (Å²) in [5, 5.41) is 0. The van der Waals surface area contributed by atoms with Gasteiger partial charge in [0.15, 0.2) is 12.4 Å². The van der Waals surface area contributed by atoms with Crippen molar-refractivity contribution in [1.29, 1.82) is 0 Å². The van der Waals surface area contributed by atoms with Crippen LogP contribution in [0.15, 0.2) is 88.7 Å². The molecule has 12 heteroatoms. The molecule has 3 aromatic rings. The second-order valence-electron chi connectivity index (χ2n) is 9.27. The van der Waals surface area contributed by atoms with E-state index >= 15 is 0 Å². The number of fused-ring (bicyclic) bond motifs is 2. The number of esters is 1. The summed E-state index contributed by atoms with van der Waals surface area (Å²) in [4.78, 5) is 12.6. The quantitative estimate of drug-likeness (QED) is 0.292. The second kappa shape index (κ2) is 10.8. The molecule has 10 nitrogen and oxygen atoms in total. The molecule has 2 fully saturated rings. The first-order valence-corrected chi connectivity index (χ1v) is 14.9. The van der Waals surface area contributed by atoms with Gasteiger partial charge in [0.05, 0.1) is 22.0 Å². The Bertz CT molecular complexity index is 1540. The molecule has 2 bridgehead atoms. The smallest absolute Gasteiger partial charge is 0.338 e. The van der Waals surface area contributed by atoms with Gasteiger partial charge in [0.1, 0.15) is 18.3 Å². The average Bonchev–Trinajstić information content (AvgIpc) is 3.35. The maximum absolute atomic E-state index is 13.3. The molecule has 1 unspecified atom stereocenters. The van der Waals surface area contributed by atoms with Gasteiger partial charge >= 0.3 is 5.97 Å². The fourth-order valence-corrected chi connectivity index (χ4v) is 6.47. The zero-order valence-corrected chi connectivity index (χ0v) is 22.6. The zero-order chi connectivity index (χ0) is 27.8. The molecule has 0 aliphatic carbocycles. The minimum absolute atomic E-state index is 0.136. The molecular formula is C27H26O10S2. The van der Waals surface area contributed by atoms with Crippen LogP contribution in [0.3, 0.4) is 0 Å². The molecule has 0 aromatic heterocycles. The molecule has 0 radical (unpaired) electrons. The molecule has 5 atom stereocenters. The van der Waals surface area contributed by atoms with Crippen molar-refractivity contribution in [2.24, 2.45) is 0 Å². The highest BCUT2D eigenvalue weighted by molar-refractivity contribution is 7.87. The molecule has 5 rings (SSSR count). The van der Waals surface area contributed by atoms with Gasteiger partial charge in [0, 0.05) is 0 Å². The molecule has 2 aliphatic rings. The van der Waals surface area contributed by atoms with Crippen molar-refractivity contribution in [3.63, 3.8) is 0 Å². The molecular weight excluding hydrogens is 548 g/mol. The number of carbonyl (C=O) groups is 1. The molecule has 2 aliphatic heterocycles. The molecule has 2 saturated heterocycles. The standard InChI is InChI=1S/C27H26O10S2/c1-17-8-12-20(13-9-17)38(29,30)36-23-22-16-33-27(34-22)25(35-26(28)19-6-4-3-5-7-19)24(23)37-39(31,32)21-14-10-18(2)11-15-21/h3-15,22-25,27H,16H2,1-2H3/t22-,23+,24+,25-,27?/m1/s1. The molecule has 0 saturated carbocycles. The normalized spacial score (nSPS) is 24.8. The van der Waals surface area contributed by atoms with Crippen molar-refractivity contribution < 1.29 is 44.2 Å². The summed E-state index contributed by atoms with van der Waals surface area (Å²) < 4.78 is 81.2. The van der Waals surface area contributed by atoms with Gasteiger partial charge in [-0.3, -0.25) is 8.37 Å². The Hall–Kier alpha value is -3.13. The minimum Gasteiger partial charge on any atom is -0.450 e. The van der Waals surface area contributed by atoms with Gasteiger partial charge in [0.2, 0.25) is 0 Å². The molecule has 0 amide bonds. The topological polar surface area (TPSA) is 132 Å². The lowest BCUT2D eigenvalue weighted by molar-refractivity contribution is -0.216. The first-order chi connectivity index (χ1) is 18.5. The first kappa shape index (κ1) is 27.4. The SMILES string of the molecule is Cc1ccc(S(=O)(=O)O[C@@H]2[C@H](OS(=O)(=O)c3ccc(C)cc3)[C@@H](OC(=O)c3ccccc3)C3OC[C@H]2O3)cc1. The van der Waals surface area contributed by atoms with E-state index in [9.17, 15) is 21.6 Å². The second-order valence-corrected chi connectivity index (χ2v) is 12.4. The van der Waals surface area contributed by atoms with Crippen LogP contribution in [-0.2, 0) is 42.8 Å². The Kier molecular flexibility index (Phi) is 7.60. The Morgan fingerprint density at radius 1 is 0.718 bits per heavy atom. The van der Waals surface area contributed by atoms with Crippen LogP contribution >= 0.6 is 0 Å². The van der Waals surface area contributed by atoms with E-state index in [2.05, 4.69) is 0 Å². The number of benzene rings is 3. The Morgan fingerprint density at radius 2 is 1.23 bits per heavy atom. The van der Waals surface area contributed by atoms with E-state index in [0.29, 0.717) is 0 Å². The number of aryl methyl sites for hydroxylation is 2. The minimum atomic E-state index is -4.47. The van der Waals surface area contributed by atoms with E-state index in [0.717, 1.165) is 11.1 Å². The summed E-state index contributed by atoms with van der Waals surface area (Å²) in [5.74, 6) is -0.806. The van der Waals surface area contributed by atoms with Gasteiger partial charge in [-0.2, -0.15) is 16.8 Å². The number of ether oxygens (including phenoxy) is 3. The van der Waals surface area contributed by atoms with E-state index in [1.807, 2.05) is 0 Å². The fourth-order valence-electron chi connectivity index (χ4n) is 4.27. The molecule has 39 heavy (non-hydrogen) atoms. The number of rotatable bonds is 8. The summed E-state index contributed by atoms with van der Waals surface area (Å²) in [6, 6.07) is 19.8. The van der Waals surface area contributed by atoms with Gasteiger partial charge in [-0.1, -0.05) is 53.6 Å². The van der Waals surface area contributed by atoms with Gasteiger partial charge in [-0.05, 0) is 50.2 Å². The lowest BCUT2D eigenvalue weighted by Crippen LogP contribution is -2.58. The van der Waals surface area contributed by atoms with Gasteiger partial charge in [-0.15, -0.1) is 0 Å². The predicted molar refractivity (Wildman–Crippen MR) is 137 cm³/mol. The van der Waals surface area contributed by atoms with Crippen molar-refractivity contribution in [3.8, 4) is 0 Å². The molecule has 0 N–H and O–H groups in total. The van der Waals surface area contributed by atoms with Crippen LogP contribution in [0.5, 0.6) is 0 Å². The molecule has 2 heterocycles. The zero-order valence-electron chi connectivity index (χ0n) is 21.0. The summed E-state index contributed by atoms with van der Waals surface area (Å²) in [6.07, 6.45) is -6.84. The number of hydrogen-bond acceptors (Lipinski definition) is 10.